The number of hydrogen-bond donors (Lipinski definition) is 0. The summed E-state index contributed by atoms with van der Waals surface area (Å²) in [4.78, 5) is 25.5. The number of pyridine rings is 1. The number of halogens is 2. The Hall–Kier alpha value is -2.91. The minimum absolute atomic E-state index is 0.0265. The second-order valence-corrected chi connectivity index (χ2v) is 12.0. The van der Waals surface area contributed by atoms with Gasteiger partial charge in [0.2, 0.25) is 0 Å². The number of fused-ring (bicyclic) bond motifs is 1. The number of sulfone groups is 1. The molecule has 1 heterocycles. The summed E-state index contributed by atoms with van der Waals surface area (Å²) in [5.74, 6) is -1.59. The van der Waals surface area contributed by atoms with Crippen molar-refractivity contribution in [2.45, 2.75) is 57.2 Å². The van der Waals surface area contributed by atoms with Gasteiger partial charge in [0.05, 0.1) is 5.39 Å². The molecular weight excluding hydrogens is 500 g/mol. The van der Waals surface area contributed by atoms with Crippen molar-refractivity contribution in [2.75, 3.05) is 20.0 Å². The van der Waals surface area contributed by atoms with Gasteiger partial charge in [-0.3, -0.25) is 9.59 Å². The van der Waals surface area contributed by atoms with E-state index in [-0.39, 0.29) is 30.2 Å². The van der Waals surface area contributed by atoms with E-state index in [9.17, 15) is 22.4 Å². The lowest BCUT2D eigenvalue weighted by atomic mass is 9.98. The van der Waals surface area contributed by atoms with Crippen LogP contribution < -0.4 is 5.56 Å². The topological polar surface area (TPSA) is 82.4 Å². The zero-order valence-electron chi connectivity index (χ0n) is 21.6. The van der Waals surface area contributed by atoms with E-state index in [4.69, 9.17) is 4.74 Å². The van der Waals surface area contributed by atoms with Gasteiger partial charge in [-0.05, 0) is 61.9 Å². The molecule has 2 aromatic carbocycles. The second kappa shape index (κ2) is 11.6. The van der Waals surface area contributed by atoms with Gasteiger partial charge in [-0.25, -0.2) is 17.2 Å². The van der Waals surface area contributed by atoms with E-state index in [0.717, 1.165) is 35.4 Å². The van der Waals surface area contributed by atoms with Crippen LogP contribution in [0.1, 0.15) is 45.1 Å². The summed E-state index contributed by atoms with van der Waals surface area (Å²) >= 11 is 0. The van der Waals surface area contributed by atoms with Crippen molar-refractivity contribution in [3.8, 4) is 11.1 Å². The number of carbonyl (C=O) groups excluding carboxylic acids is 1. The fourth-order valence-corrected chi connectivity index (χ4v) is 5.46. The molecule has 0 radical (unpaired) electrons. The van der Waals surface area contributed by atoms with Crippen LogP contribution in [0.25, 0.3) is 21.9 Å². The van der Waals surface area contributed by atoms with Gasteiger partial charge in [-0.1, -0.05) is 25.1 Å². The molecule has 0 N–H and O–H groups in total. The average molecular weight is 534 g/mol. The van der Waals surface area contributed by atoms with E-state index >= 15 is 4.39 Å². The molecule has 6 nitrogen and oxygen atoms in total. The lowest BCUT2D eigenvalue weighted by Gasteiger charge is -2.26. The van der Waals surface area contributed by atoms with Crippen LogP contribution in [0.3, 0.4) is 0 Å². The third-order valence-corrected chi connectivity index (χ3v) is 9.07. The van der Waals surface area contributed by atoms with Gasteiger partial charge in [0.25, 0.3) is 5.56 Å². The first-order valence-electron chi connectivity index (χ1n) is 12.3. The van der Waals surface area contributed by atoms with Crippen LogP contribution >= 0.6 is 0 Å². The van der Waals surface area contributed by atoms with Crippen LogP contribution in [0.4, 0.5) is 8.78 Å². The summed E-state index contributed by atoms with van der Waals surface area (Å²) in [5, 5.41) is 0.124. The molecule has 0 aliphatic heterocycles. The molecule has 1 aromatic heterocycles. The molecule has 0 aliphatic carbocycles. The fourth-order valence-electron chi connectivity index (χ4n) is 4.44. The largest absolute Gasteiger partial charge is 0.385 e. The number of carbonyl (C=O) groups is 1. The Kier molecular flexibility index (Phi) is 9.02. The predicted molar refractivity (Wildman–Crippen MR) is 142 cm³/mol. The first-order chi connectivity index (χ1) is 17.4. The molecule has 0 amide bonds. The lowest BCUT2D eigenvalue weighted by molar-refractivity contribution is -0.121. The van der Waals surface area contributed by atoms with E-state index in [1.54, 1.807) is 26.2 Å². The number of unbranched alkanes of at least 4 members (excludes halogenated alkanes) is 1. The summed E-state index contributed by atoms with van der Waals surface area (Å²) in [6.07, 6.45) is 4.32. The monoisotopic (exact) mass is 533 g/mol. The molecule has 37 heavy (non-hydrogen) atoms. The Morgan fingerprint density at radius 1 is 1.05 bits per heavy atom. The van der Waals surface area contributed by atoms with Crippen molar-refractivity contribution in [1.82, 2.24) is 4.57 Å². The van der Waals surface area contributed by atoms with Crippen LogP contribution in [0.2, 0.25) is 0 Å². The van der Waals surface area contributed by atoms with Crippen molar-refractivity contribution in [3.05, 3.63) is 70.1 Å². The Balaban J connectivity index is 1.91. The average Bonchev–Trinajstić information content (AvgIpc) is 2.86. The van der Waals surface area contributed by atoms with Gasteiger partial charge < -0.3 is 9.30 Å². The van der Waals surface area contributed by atoms with E-state index in [0.29, 0.717) is 24.2 Å². The summed E-state index contributed by atoms with van der Waals surface area (Å²) in [6.45, 7) is 3.41. The number of ketones is 1. The highest BCUT2D eigenvalue weighted by molar-refractivity contribution is 7.92. The first kappa shape index (κ1) is 28.7. The Morgan fingerprint density at radius 3 is 2.41 bits per heavy atom. The summed E-state index contributed by atoms with van der Waals surface area (Å²) in [7, 11) is -2.12. The smallest absolute Gasteiger partial charge is 0.258 e. The molecule has 0 saturated carbocycles. The lowest BCUT2D eigenvalue weighted by Crippen LogP contribution is -2.44. The minimum atomic E-state index is -3.76. The molecule has 3 aromatic rings. The van der Waals surface area contributed by atoms with Gasteiger partial charge >= 0.3 is 0 Å². The molecule has 1 atom stereocenters. The normalized spacial score (nSPS) is 13.6. The van der Waals surface area contributed by atoms with E-state index < -0.39 is 37.6 Å². The maximum absolute atomic E-state index is 15.1. The second-order valence-electron chi connectivity index (χ2n) is 9.53. The number of methoxy groups -OCH3 is 1. The van der Waals surface area contributed by atoms with Gasteiger partial charge in [-0.15, -0.1) is 0 Å². The van der Waals surface area contributed by atoms with Crippen molar-refractivity contribution in [2.24, 2.45) is 0 Å². The molecule has 9 heteroatoms. The zero-order valence-corrected chi connectivity index (χ0v) is 22.5. The van der Waals surface area contributed by atoms with E-state index in [1.165, 1.54) is 25.1 Å². The van der Waals surface area contributed by atoms with Crippen LogP contribution in [0, 0.1) is 11.6 Å². The van der Waals surface area contributed by atoms with E-state index in [2.05, 4.69) is 0 Å². The highest BCUT2D eigenvalue weighted by Crippen LogP contribution is 2.29. The van der Waals surface area contributed by atoms with Crippen molar-refractivity contribution in [1.29, 1.82) is 0 Å². The number of aryl methyl sites for hydroxylation is 2. The molecule has 0 unspecified atom stereocenters. The summed E-state index contributed by atoms with van der Waals surface area (Å²) in [5.41, 5.74) is 1.07. The van der Waals surface area contributed by atoms with Crippen LogP contribution in [0.5, 0.6) is 0 Å². The standard InChI is InChI=1S/C28H33F2NO5S/c1-5-26(32)28(2,37(4,34)35)13-14-31-18-25(30)23-17-20(10-12-22(23)27(31)33)21-11-9-19(16-24(21)29)8-6-7-15-36-3/h9-12,16-18H,5-8,13-15H2,1-4H3/t28-/m1/s1. The van der Waals surface area contributed by atoms with Gasteiger partial charge in [-0.2, -0.15) is 0 Å². The van der Waals surface area contributed by atoms with Crippen LogP contribution in [-0.2, 0) is 32.3 Å². The zero-order chi connectivity index (χ0) is 27.4. The van der Waals surface area contributed by atoms with Gasteiger partial charge in [0.15, 0.2) is 15.6 Å². The predicted octanol–water partition coefficient (Wildman–Crippen LogP) is 5.09. The van der Waals surface area contributed by atoms with Crippen LogP contribution in [-0.4, -0.2) is 43.5 Å². The highest BCUT2D eigenvalue weighted by Gasteiger charge is 2.41. The third-order valence-electron chi connectivity index (χ3n) is 7.00. The highest BCUT2D eigenvalue weighted by atomic mass is 32.2. The molecule has 0 spiro atoms. The van der Waals surface area contributed by atoms with Crippen LogP contribution in [0.15, 0.2) is 47.4 Å². The third kappa shape index (κ3) is 6.15. The minimum Gasteiger partial charge on any atom is -0.385 e. The van der Waals surface area contributed by atoms with Crippen molar-refractivity contribution < 1.29 is 26.7 Å². The Bertz CT molecular complexity index is 1470. The van der Waals surface area contributed by atoms with Crippen molar-refractivity contribution >= 4 is 26.4 Å². The first-order valence-corrected chi connectivity index (χ1v) is 14.2. The molecule has 0 bridgehead atoms. The number of ether oxygens (including phenoxy) is 1. The summed E-state index contributed by atoms with van der Waals surface area (Å²) in [6, 6.07) is 9.40. The van der Waals surface area contributed by atoms with E-state index in [1.807, 2.05) is 6.07 Å². The number of benzene rings is 2. The Labute approximate surface area is 216 Å². The molecule has 200 valence electrons. The molecule has 0 fully saturated rings. The number of rotatable bonds is 12. The number of Topliss-reactive ketones (excluding diaryl/α,β-unsaturated/α-hetero) is 1. The molecule has 0 aliphatic rings. The fraction of sp³-hybridized carbons (Fsp3) is 0.429. The quantitative estimate of drug-likeness (QED) is 0.303. The maximum atomic E-state index is 15.1. The molecular formula is C28H33F2NO5S. The number of aromatic nitrogens is 1. The van der Waals surface area contributed by atoms with Gasteiger partial charge in [0, 0.05) is 50.1 Å². The Morgan fingerprint density at radius 2 is 1.78 bits per heavy atom. The van der Waals surface area contributed by atoms with Crippen molar-refractivity contribution in [3.63, 3.8) is 0 Å². The molecule has 0 saturated heterocycles. The summed E-state index contributed by atoms with van der Waals surface area (Å²) < 4.78 is 59.1. The molecule has 3 rings (SSSR count). The van der Waals surface area contributed by atoms with Gasteiger partial charge in [0.1, 0.15) is 16.4 Å². The maximum Gasteiger partial charge on any atom is 0.258 e. The SMILES string of the molecule is CCC(=O)[C@@](C)(CCn1cc(F)c2cc(-c3ccc(CCCCOC)cc3F)ccc2c1=O)S(C)(=O)=O. The number of hydrogen-bond acceptors (Lipinski definition) is 5. The number of nitrogens with zero attached hydrogens (tertiary/aromatic N) is 1.